The van der Waals surface area contributed by atoms with Gasteiger partial charge in [0.05, 0.1) is 0 Å². The molecule has 0 N–H and O–H groups in total. The molecule has 5 nitrogen and oxygen atoms in total. The van der Waals surface area contributed by atoms with E-state index in [4.69, 9.17) is 10.3 Å². The van der Waals surface area contributed by atoms with Crippen molar-refractivity contribution in [3.05, 3.63) is 28.8 Å². The molecule has 0 aromatic carbocycles. The van der Waals surface area contributed by atoms with Gasteiger partial charge in [0.25, 0.3) is 0 Å². The monoisotopic (exact) mass is 162 g/mol. The maximum Gasteiger partial charge on any atom is 0.213 e. The van der Waals surface area contributed by atoms with E-state index in [1.807, 2.05) is 13.9 Å². The summed E-state index contributed by atoms with van der Waals surface area (Å²) in [5, 5.41) is 3.21. The standard InChI is InChI=1S/C6H7BN4O/c7-5-1-2-6(9-3-5)12-4-10-11-8/h1-3H,4,7H2. The van der Waals surface area contributed by atoms with Gasteiger partial charge in [0, 0.05) is 11.1 Å². The summed E-state index contributed by atoms with van der Waals surface area (Å²) in [6.45, 7) is -0.0213. The van der Waals surface area contributed by atoms with Crippen LogP contribution in [0, 0.1) is 0 Å². The third-order valence-electron chi connectivity index (χ3n) is 1.22. The fourth-order valence-corrected chi connectivity index (χ4v) is 0.660. The number of pyridine rings is 1. The van der Waals surface area contributed by atoms with Gasteiger partial charge in [0.2, 0.25) is 5.88 Å². The lowest BCUT2D eigenvalue weighted by atomic mass is 9.99. The average molecular weight is 162 g/mol. The molecule has 0 spiro atoms. The Kier molecular flexibility index (Phi) is 2.99. The highest BCUT2D eigenvalue weighted by Gasteiger charge is 1.91. The van der Waals surface area contributed by atoms with Crippen molar-refractivity contribution in [3.8, 4) is 5.88 Å². The van der Waals surface area contributed by atoms with Crippen LogP contribution in [0.3, 0.4) is 0 Å². The molecule has 0 radical (unpaired) electrons. The van der Waals surface area contributed by atoms with Crippen LogP contribution in [0.15, 0.2) is 23.4 Å². The number of hydrogen-bond donors (Lipinski definition) is 0. The van der Waals surface area contributed by atoms with E-state index in [-0.39, 0.29) is 6.73 Å². The Morgan fingerprint density at radius 1 is 1.67 bits per heavy atom. The van der Waals surface area contributed by atoms with Gasteiger partial charge in [-0.25, -0.2) is 4.98 Å². The van der Waals surface area contributed by atoms with Crippen LogP contribution >= 0.6 is 0 Å². The normalized spacial score (nSPS) is 8.67. The van der Waals surface area contributed by atoms with Gasteiger partial charge in [-0.3, -0.25) is 0 Å². The molecule has 6 heteroatoms. The van der Waals surface area contributed by atoms with E-state index in [1.54, 1.807) is 12.3 Å². The molecule has 0 unspecified atom stereocenters. The highest BCUT2D eigenvalue weighted by Crippen LogP contribution is 2.01. The Bertz CT molecular complexity index is 293. The predicted octanol–water partition coefficient (Wildman–Crippen LogP) is -0.0134. The first-order valence-electron chi connectivity index (χ1n) is 3.39. The lowest BCUT2D eigenvalue weighted by Crippen LogP contribution is -2.03. The zero-order valence-corrected chi connectivity index (χ0v) is 6.64. The van der Waals surface area contributed by atoms with Crippen molar-refractivity contribution in [2.75, 3.05) is 6.73 Å². The number of aromatic nitrogens is 1. The number of rotatable bonds is 3. The largest absolute Gasteiger partial charge is 0.472 e. The average Bonchev–Trinajstić information content (AvgIpc) is 2.09. The predicted molar refractivity (Wildman–Crippen MR) is 47.1 cm³/mol. The molecule has 0 atom stereocenters. The summed E-state index contributed by atoms with van der Waals surface area (Å²) in [7, 11) is 1.93. The summed E-state index contributed by atoms with van der Waals surface area (Å²) in [4.78, 5) is 6.49. The molecule has 1 aromatic heterocycles. The molecule has 0 aliphatic rings. The van der Waals surface area contributed by atoms with Crippen LogP contribution in [0.5, 0.6) is 5.88 Å². The Balaban J connectivity index is 2.53. The van der Waals surface area contributed by atoms with Crippen LogP contribution in [-0.2, 0) is 0 Å². The van der Waals surface area contributed by atoms with Gasteiger partial charge in [0.15, 0.2) is 6.73 Å². The van der Waals surface area contributed by atoms with E-state index in [0.717, 1.165) is 5.46 Å². The van der Waals surface area contributed by atoms with Gasteiger partial charge in [-0.2, -0.15) is 0 Å². The highest BCUT2D eigenvalue weighted by molar-refractivity contribution is 6.32. The van der Waals surface area contributed by atoms with Crippen molar-refractivity contribution in [1.82, 2.24) is 4.98 Å². The summed E-state index contributed by atoms with van der Waals surface area (Å²) in [5.41, 5.74) is 9.01. The number of hydrogen-bond acceptors (Lipinski definition) is 3. The molecule has 0 bridgehead atoms. The van der Waals surface area contributed by atoms with Crippen LogP contribution in [0.2, 0.25) is 0 Å². The topological polar surface area (TPSA) is 70.9 Å². The van der Waals surface area contributed by atoms with E-state index in [9.17, 15) is 0 Å². The fourth-order valence-electron chi connectivity index (χ4n) is 0.660. The SMILES string of the molecule is Bc1ccc(OCN=[N+]=[N-])nc1. The molecule has 0 amide bonds. The maximum absolute atomic E-state index is 7.95. The van der Waals surface area contributed by atoms with E-state index in [0.29, 0.717) is 5.88 Å². The Hall–Kier alpha value is -1.68. The Morgan fingerprint density at radius 2 is 2.50 bits per heavy atom. The third-order valence-corrected chi connectivity index (χ3v) is 1.22. The minimum Gasteiger partial charge on any atom is -0.472 e. The molecular weight excluding hydrogens is 155 g/mol. The van der Waals surface area contributed by atoms with Crippen LogP contribution < -0.4 is 10.2 Å². The van der Waals surface area contributed by atoms with Crippen molar-refractivity contribution in [2.45, 2.75) is 0 Å². The molecule has 1 aromatic rings. The van der Waals surface area contributed by atoms with Gasteiger partial charge in [-0.1, -0.05) is 16.6 Å². The lowest BCUT2D eigenvalue weighted by molar-refractivity contribution is 0.316. The molecule has 0 aliphatic heterocycles. The van der Waals surface area contributed by atoms with Crippen molar-refractivity contribution in [1.29, 1.82) is 0 Å². The van der Waals surface area contributed by atoms with Gasteiger partial charge < -0.3 is 4.74 Å². The smallest absolute Gasteiger partial charge is 0.213 e. The molecular formula is C6H7BN4O. The summed E-state index contributed by atoms with van der Waals surface area (Å²) in [5.74, 6) is 0.466. The van der Waals surface area contributed by atoms with Gasteiger partial charge >= 0.3 is 0 Å². The van der Waals surface area contributed by atoms with Gasteiger partial charge in [-0.15, -0.1) is 0 Å². The van der Waals surface area contributed by atoms with Crippen molar-refractivity contribution >= 4 is 13.3 Å². The second-order valence-electron chi connectivity index (χ2n) is 2.18. The molecule has 0 fully saturated rings. The Morgan fingerprint density at radius 3 is 3.08 bits per heavy atom. The Labute approximate surface area is 70.4 Å². The summed E-state index contributed by atoms with van der Waals surface area (Å²) >= 11 is 0. The molecule has 12 heavy (non-hydrogen) atoms. The first-order chi connectivity index (χ1) is 5.83. The quantitative estimate of drug-likeness (QED) is 0.271. The third kappa shape index (κ3) is 2.52. The van der Waals surface area contributed by atoms with E-state index >= 15 is 0 Å². The molecule has 0 aliphatic carbocycles. The van der Waals surface area contributed by atoms with Crippen LogP contribution in [-0.4, -0.2) is 19.6 Å². The summed E-state index contributed by atoms with van der Waals surface area (Å²) in [6, 6.07) is 3.60. The van der Waals surface area contributed by atoms with Gasteiger partial charge in [-0.05, 0) is 11.6 Å². The second-order valence-corrected chi connectivity index (χ2v) is 2.18. The fraction of sp³-hybridized carbons (Fsp3) is 0.167. The first kappa shape index (κ1) is 8.42. The highest BCUT2D eigenvalue weighted by atomic mass is 16.5. The molecule has 60 valence electrons. The number of nitrogens with zero attached hydrogens (tertiary/aromatic N) is 4. The number of ether oxygens (including phenoxy) is 1. The molecule has 0 saturated carbocycles. The van der Waals surface area contributed by atoms with E-state index in [2.05, 4.69) is 15.0 Å². The minimum atomic E-state index is -0.0213. The zero-order valence-electron chi connectivity index (χ0n) is 6.64. The van der Waals surface area contributed by atoms with E-state index < -0.39 is 0 Å². The molecule has 1 rings (SSSR count). The van der Waals surface area contributed by atoms with Crippen LogP contribution in [0.1, 0.15) is 0 Å². The maximum atomic E-state index is 7.95. The zero-order chi connectivity index (χ0) is 8.81. The molecule has 1 heterocycles. The van der Waals surface area contributed by atoms with Crippen molar-refractivity contribution < 1.29 is 4.74 Å². The second kappa shape index (κ2) is 4.25. The summed E-state index contributed by atoms with van der Waals surface area (Å²) in [6.07, 6.45) is 1.69. The van der Waals surface area contributed by atoms with Crippen molar-refractivity contribution in [3.63, 3.8) is 0 Å². The van der Waals surface area contributed by atoms with Crippen LogP contribution in [0.4, 0.5) is 0 Å². The van der Waals surface area contributed by atoms with Gasteiger partial charge in [0.1, 0.15) is 7.85 Å². The minimum absolute atomic E-state index is 0.0213. The molecule has 0 saturated heterocycles. The lowest BCUT2D eigenvalue weighted by Gasteiger charge is -1.99. The summed E-state index contributed by atoms with van der Waals surface area (Å²) < 4.78 is 4.97. The first-order valence-corrected chi connectivity index (χ1v) is 3.39. The van der Waals surface area contributed by atoms with Crippen LogP contribution in [0.25, 0.3) is 10.4 Å². The van der Waals surface area contributed by atoms with E-state index in [1.165, 1.54) is 0 Å². The van der Waals surface area contributed by atoms with Crippen molar-refractivity contribution in [2.24, 2.45) is 5.11 Å². The number of azide groups is 1.